The van der Waals surface area contributed by atoms with Crippen LogP contribution in [0.2, 0.25) is 0 Å². The van der Waals surface area contributed by atoms with Gasteiger partial charge in [0, 0.05) is 37.8 Å². The molecule has 8 heteroatoms. The van der Waals surface area contributed by atoms with Crippen LogP contribution in [-0.2, 0) is 4.79 Å². The van der Waals surface area contributed by atoms with Crippen LogP contribution in [0.15, 0.2) is 84.9 Å². The number of thiocarbonyl (C=S) groups is 1. The summed E-state index contributed by atoms with van der Waals surface area (Å²) in [5.41, 5.74) is 3.34. The summed E-state index contributed by atoms with van der Waals surface area (Å²) in [4.78, 5) is 29.2. The van der Waals surface area contributed by atoms with E-state index in [1.807, 2.05) is 83.8 Å². The summed E-state index contributed by atoms with van der Waals surface area (Å²) in [6.45, 7) is 2.64. The van der Waals surface area contributed by atoms with E-state index in [0.717, 1.165) is 22.7 Å². The van der Waals surface area contributed by atoms with Gasteiger partial charge in [0.2, 0.25) is 5.91 Å². The normalized spacial score (nSPS) is 13.4. The highest BCUT2D eigenvalue weighted by Gasteiger charge is 2.23. The average molecular weight is 501 g/mol. The van der Waals surface area contributed by atoms with Crippen LogP contribution >= 0.6 is 12.2 Å². The Morgan fingerprint density at radius 3 is 2.25 bits per heavy atom. The quantitative estimate of drug-likeness (QED) is 0.391. The molecule has 0 spiro atoms. The van der Waals surface area contributed by atoms with E-state index >= 15 is 0 Å². The zero-order chi connectivity index (χ0) is 25.3. The van der Waals surface area contributed by atoms with Crippen molar-refractivity contribution < 1.29 is 14.3 Å². The molecular formula is C28H28N4O3S. The Bertz CT molecular complexity index is 1240. The van der Waals surface area contributed by atoms with Crippen molar-refractivity contribution >= 4 is 46.6 Å². The number of nitrogens with one attached hydrogen (secondary N) is 2. The summed E-state index contributed by atoms with van der Waals surface area (Å²) in [6.07, 6.45) is 3.15. The molecule has 3 aromatic carbocycles. The van der Waals surface area contributed by atoms with Crippen molar-refractivity contribution in [2.45, 2.75) is 0 Å². The lowest BCUT2D eigenvalue weighted by Crippen LogP contribution is -2.49. The van der Waals surface area contributed by atoms with Gasteiger partial charge >= 0.3 is 0 Å². The fourth-order valence-corrected chi connectivity index (χ4v) is 4.17. The predicted molar refractivity (Wildman–Crippen MR) is 147 cm³/mol. The molecule has 1 heterocycles. The van der Waals surface area contributed by atoms with Gasteiger partial charge in [-0.1, -0.05) is 42.5 Å². The van der Waals surface area contributed by atoms with Crippen LogP contribution in [0.4, 0.5) is 11.4 Å². The monoisotopic (exact) mass is 500 g/mol. The van der Waals surface area contributed by atoms with E-state index in [9.17, 15) is 9.59 Å². The highest BCUT2D eigenvalue weighted by molar-refractivity contribution is 7.80. The zero-order valence-corrected chi connectivity index (χ0v) is 20.8. The molecule has 184 valence electrons. The molecule has 0 saturated carbocycles. The molecule has 4 rings (SSSR count). The number of carbonyl (C=O) groups is 2. The predicted octanol–water partition coefficient (Wildman–Crippen LogP) is 4.18. The van der Waals surface area contributed by atoms with E-state index in [0.29, 0.717) is 31.7 Å². The molecule has 36 heavy (non-hydrogen) atoms. The first kappa shape index (κ1) is 24.9. The number of amides is 2. The average Bonchev–Trinajstić information content (AvgIpc) is 2.92. The lowest BCUT2D eigenvalue weighted by atomic mass is 10.1. The SMILES string of the molecule is COc1ccc(/C=C/C(=O)NC(=S)Nc2ccccc2N2CCN(C(=O)c3ccccc3)CC2)cc1. The van der Waals surface area contributed by atoms with Gasteiger partial charge < -0.3 is 19.9 Å². The number of hydrogen-bond acceptors (Lipinski definition) is 5. The fraction of sp³-hybridized carbons (Fsp3) is 0.179. The molecule has 1 aliphatic rings. The molecule has 0 atom stereocenters. The van der Waals surface area contributed by atoms with E-state index in [-0.39, 0.29) is 16.9 Å². The minimum atomic E-state index is -0.325. The summed E-state index contributed by atoms with van der Waals surface area (Å²) in [5.74, 6) is 0.479. The van der Waals surface area contributed by atoms with Crippen molar-refractivity contribution in [2.24, 2.45) is 0 Å². The van der Waals surface area contributed by atoms with Gasteiger partial charge in [-0.15, -0.1) is 0 Å². The van der Waals surface area contributed by atoms with Gasteiger partial charge in [0.15, 0.2) is 5.11 Å². The molecule has 0 aliphatic carbocycles. The molecule has 1 fully saturated rings. The van der Waals surface area contributed by atoms with Crippen LogP contribution in [0.25, 0.3) is 6.08 Å². The van der Waals surface area contributed by atoms with E-state index in [4.69, 9.17) is 17.0 Å². The Balaban J connectivity index is 1.32. The van der Waals surface area contributed by atoms with Crippen molar-refractivity contribution in [1.82, 2.24) is 10.2 Å². The fourth-order valence-electron chi connectivity index (χ4n) is 3.96. The maximum Gasteiger partial charge on any atom is 0.253 e. The van der Waals surface area contributed by atoms with Gasteiger partial charge in [0.05, 0.1) is 18.5 Å². The molecule has 1 saturated heterocycles. The van der Waals surface area contributed by atoms with Gasteiger partial charge in [-0.2, -0.15) is 0 Å². The Kier molecular flexibility index (Phi) is 8.31. The standard InChI is InChI=1S/C28H28N4O3S/c1-35-23-14-11-21(12-15-23)13-16-26(33)30-28(36)29-24-9-5-6-10-25(24)31-17-19-32(20-18-31)27(34)22-7-3-2-4-8-22/h2-16H,17-20H2,1H3,(H2,29,30,33,36)/b16-13+. The minimum Gasteiger partial charge on any atom is -0.497 e. The minimum absolute atomic E-state index is 0.0493. The number of carbonyl (C=O) groups excluding carboxylic acids is 2. The molecule has 0 aromatic heterocycles. The Morgan fingerprint density at radius 1 is 0.889 bits per heavy atom. The van der Waals surface area contributed by atoms with Gasteiger partial charge in [-0.3, -0.25) is 14.9 Å². The summed E-state index contributed by atoms with van der Waals surface area (Å²) in [6, 6.07) is 24.5. The molecule has 7 nitrogen and oxygen atoms in total. The molecule has 2 amide bonds. The number of ether oxygens (including phenoxy) is 1. The van der Waals surface area contributed by atoms with Crippen molar-refractivity contribution in [1.29, 1.82) is 0 Å². The molecule has 3 aromatic rings. The van der Waals surface area contributed by atoms with E-state index in [1.54, 1.807) is 13.2 Å². The highest BCUT2D eigenvalue weighted by Crippen LogP contribution is 2.27. The van der Waals surface area contributed by atoms with Gasteiger partial charge in [-0.25, -0.2) is 0 Å². The number of anilines is 2. The lowest BCUT2D eigenvalue weighted by molar-refractivity contribution is -0.115. The Morgan fingerprint density at radius 2 is 1.56 bits per heavy atom. The third-order valence-electron chi connectivity index (χ3n) is 5.86. The third-order valence-corrected chi connectivity index (χ3v) is 6.06. The van der Waals surface area contributed by atoms with Crippen molar-refractivity contribution in [3.8, 4) is 5.75 Å². The lowest BCUT2D eigenvalue weighted by Gasteiger charge is -2.37. The number of hydrogen-bond donors (Lipinski definition) is 2. The van der Waals surface area contributed by atoms with Crippen LogP contribution in [-0.4, -0.2) is 55.1 Å². The number of methoxy groups -OCH3 is 1. The molecule has 2 N–H and O–H groups in total. The van der Waals surface area contributed by atoms with Gasteiger partial charge in [0.25, 0.3) is 5.91 Å². The van der Waals surface area contributed by atoms with E-state index in [2.05, 4.69) is 15.5 Å². The highest BCUT2D eigenvalue weighted by atomic mass is 32.1. The van der Waals surface area contributed by atoms with Crippen LogP contribution in [0.5, 0.6) is 5.75 Å². The second kappa shape index (κ2) is 12.0. The van der Waals surface area contributed by atoms with Crippen molar-refractivity contribution in [3.63, 3.8) is 0 Å². The van der Waals surface area contributed by atoms with E-state index in [1.165, 1.54) is 6.08 Å². The van der Waals surface area contributed by atoms with Gasteiger partial charge in [-0.05, 0) is 60.3 Å². The van der Waals surface area contributed by atoms with Gasteiger partial charge in [0.1, 0.15) is 5.75 Å². The number of para-hydroxylation sites is 2. The molecule has 0 radical (unpaired) electrons. The first-order valence-electron chi connectivity index (χ1n) is 11.7. The number of piperazine rings is 1. The van der Waals surface area contributed by atoms with Crippen LogP contribution in [0.1, 0.15) is 15.9 Å². The maximum atomic E-state index is 12.8. The largest absolute Gasteiger partial charge is 0.497 e. The summed E-state index contributed by atoms with van der Waals surface area (Å²) in [5, 5.41) is 6.04. The van der Waals surface area contributed by atoms with Crippen molar-refractivity contribution in [3.05, 3.63) is 96.1 Å². The summed E-state index contributed by atoms with van der Waals surface area (Å²) in [7, 11) is 1.61. The van der Waals surface area contributed by atoms with E-state index < -0.39 is 0 Å². The van der Waals surface area contributed by atoms with Crippen LogP contribution < -0.4 is 20.3 Å². The summed E-state index contributed by atoms with van der Waals surface area (Å²) >= 11 is 5.38. The Labute approximate surface area is 216 Å². The molecule has 0 bridgehead atoms. The smallest absolute Gasteiger partial charge is 0.253 e. The second-order valence-electron chi connectivity index (χ2n) is 8.21. The molecular weight excluding hydrogens is 472 g/mol. The number of rotatable bonds is 6. The first-order valence-corrected chi connectivity index (χ1v) is 12.1. The second-order valence-corrected chi connectivity index (χ2v) is 8.62. The molecule has 1 aliphatic heterocycles. The first-order chi connectivity index (χ1) is 17.5. The topological polar surface area (TPSA) is 73.9 Å². The number of benzene rings is 3. The third kappa shape index (κ3) is 6.49. The zero-order valence-electron chi connectivity index (χ0n) is 20.0. The molecule has 0 unspecified atom stereocenters. The maximum absolute atomic E-state index is 12.8. The van der Waals surface area contributed by atoms with Crippen molar-refractivity contribution in [2.75, 3.05) is 43.5 Å². The van der Waals surface area contributed by atoms with Crippen LogP contribution in [0, 0.1) is 0 Å². The number of nitrogens with zero attached hydrogens (tertiary/aromatic N) is 2. The summed E-state index contributed by atoms with van der Waals surface area (Å²) < 4.78 is 5.14. The Hall–Kier alpha value is -4.17. The van der Waals surface area contributed by atoms with Crippen LogP contribution in [0.3, 0.4) is 0 Å².